The minimum Gasteiger partial charge on any atom is -0.469 e. The number of hydrogen-bond donors (Lipinski definition) is 1. The largest absolute Gasteiger partial charge is 0.469 e. The van der Waals surface area contributed by atoms with Crippen LogP contribution in [0, 0.1) is 5.82 Å². The molecule has 0 bridgehead atoms. The maximum Gasteiger partial charge on any atom is 0.306 e. The number of halogens is 1. The number of ether oxygens (including phenoxy) is 1. The summed E-state index contributed by atoms with van der Waals surface area (Å²) in [6.07, 6.45) is -0.239. The third-order valence-electron chi connectivity index (χ3n) is 2.60. The molecule has 0 unspecified atom stereocenters. The van der Waals surface area contributed by atoms with Gasteiger partial charge in [-0.05, 0) is 0 Å². The molecule has 1 aromatic rings. The molecule has 106 valence electrons. The molecule has 5 nitrogen and oxygen atoms in total. The lowest BCUT2D eigenvalue weighted by atomic mass is 10.1. The highest BCUT2D eigenvalue weighted by Gasteiger charge is 2.18. The van der Waals surface area contributed by atoms with Crippen molar-refractivity contribution >= 4 is 15.8 Å². The van der Waals surface area contributed by atoms with Gasteiger partial charge in [0.05, 0.1) is 25.0 Å². The molecule has 0 amide bonds. The molecule has 0 atom stereocenters. The van der Waals surface area contributed by atoms with Crippen LogP contribution in [0.2, 0.25) is 0 Å². The van der Waals surface area contributed by atoms with Crippen LogP contribution in [0.15, 0.2) is 18.2 Å². The van der Waals surface area contributed by atoms with Crippen LogP contribution < -0.4 is 5.73 Å². The van der Waals surface area contributed by atoms with E-state index in [2.05, 4.69) is 4.74 Å². The Labute approximate surface area is 111 Å². The lowest BCUT2D eigenvalue weighted by Crippen LogP contribution is -2.15. The molecule has 1 rings (SSSR count). The summed E-state index contributed by atoms with van der Waals surface area (Å²) in [6, 6.07) is 4.44. The van der Waals surface area contributed by atoms with Crippen molar-refractivity contribution in [1.82, 2.24) is 0 Å². The molecule has 7 heteroatoms. The Morgan fingerprint density at radius 1 is 1.37 bits per heavy atom. The van der Waals surface area contributed by atoms with E-state index in [1.807, 2.05) is 0 Å². The Morgan fingerprint density at radius 2 is 2.00 bits per heavy atom. The predicted octanol–water partition coefficient (Wildman–Crippen LogP) is 0.762. The zero-order valence-electron chi connectivity index (χ0n) is 10.6. The fraction of sp³-hybridized carbons (Fsp3) is 0.417. The molecule has 0 aliphatic rings. The van der Waals surface area contributed by atoms with Crippen LogP contribution in [0.4, 0.5) is 4.39 Å². The van der Waals surface area contributed by atoms with Gasteiger partial charge in [0.2, 0.25) is 0 Å². The Hall–Kier alpha value is -1.47. The van der Waals surface area contributed by atoms with Gasteiger partial charge in [0.1, 0.15) is 5.82 Å². The standard InChI is InChI=1S/C12H16FNO4S/c1-18-11(15)5-6-19(16,17)8-10-4-2-3-9(7-14)12(10)13/h2-4H,5-8,14H2,1H3. The lowest BCUT2D eigenvalue weighted by molar-refractivity contribution is -0.140. The van der Waals surface area contributed by atoms with Crippen LogP contribution in [0.25, 0.3) is 0 Å². The summed E-state index contributed by atoms with van der Waals surface area (Å²) in [7, 11) is -2.39. The molecule has 0 aliphatic heterocycles. The van der Waals surface area contributed by atoms with E-state index in [9.17, 15) is 17.6 Å². The van der Waals surface area contributed by atoms with Gasteiger partial charge in [-0.25, -0.2) is 12.8 Å². The van der Waals surface area contributed by atoms with Gasteiger partial charge in [0, 0.05) is 17.7 Å². The highest BCUT2D eigenvalue weighted by molar-refractivity contribution is 7.90. The molecule has 19 heavy (non-hydrogen) atoms. The number of methoxy groups -OCH3 is 1. The van der Waals surface area contributed by atoms with Gasteiger partial charge in [-0.3, -0.25) is 4.79 Å². The molecule has 0 aromatic heterocycles. The van der Waals surface area contributed by atoms with Gasteiger partial charge in [0.15, 0.2) is 9.84 Å². The van der Waals surface area contributed by atoms with Crippen LogP contribution in [0.3, 0.4) is 0 Å². The van der Waals surface area contributed by atoms with E-state index in [0.29, 0.717) is 0 Å². The first-order valence-corrected chi connectivity index (χ1v) is 7.45. The second-order valence-corrected chi connectivity index (χ2v) is 6.20. The number of sulfone groups is 1. The Morgan fingerprint density at radius 3 is 2.58 bits per heavy atom. The number of esters is 1. The van der Waals surface area contributed by atoms with E-state index >= 15 is 0 Å². The topological polar surface area (TPSA) is 86.5 Å². The van der Waals surface area contributed by atoms with Crippen molar-refractivity contribution in [2.75, 3.05) is 12.9 Å². The minimum absolute atomic E-state index is 0.00187. The van der Waals surface area contributed by atoms with Crippen molar-refractivity contribution in [3.63, 3.8) is 0 Å². The second-order valence-electron chi connectivity index (χ2n) is 4.01. The van der Waals surface area contributed by atoms with Gasteiger partial charge < -0.3 is 10.5 Å². The van der Waals surface area contributed by atoms with Crippen molar-refractivity contribution in [2.24, 2.45) is 5.73 Å². The molecule has 2 N–H and O–H groups in total. The van der Waals surface area contributed by atoms with E-state index < -0.39 is 27.4 Å². The SMILES string of the molecule is COC(=O)CCS(=O)(=O)Cc1cccc(CN)c1F. The van der Waals surface area contributed by atoms with E-state index in [0.717, 1.165) is 0 Å². The molecule has 0 saturated carbocycles. The van der Waals surface area contributed by atoms with Gasteiger partial charge >= 0.3 is 5.97 Å². The molecular weight excluding hydrogens is 273 g/mol. The summed E-state index contributed by atoms with van der Waals surface area (Å²) in [5, 5.41) is 0. The number of nitrogens with two attached hydrogens (primary N) is 1. The molecule has 0 spiro atoms. The van der Waals surface area contributed by atoms with Crippen LogP contribution >= 0.6 is 0 Å². The number of benzene rings is 1. The monoisotopic (exact) mass is 289 g/mol. The zero-order valence-corrected chi connectivity index (χ0v) is 11.4. The first-order valence-electron chi connectivity index (χ1n) is 5.63. The molecule has 0 radical (unpaired) electrons. The predicted molar refractivity (Wildman–Crippen MR) is 68.4 cm³/mol. The average molecular weight is 289 g/mol. The molecule has 1 aromatic carbocycles. The third-order valence-corrected chi connectivity index (χ3v) is 4.18. The molecular formula is C12H16FNO4S. The Bertz CT molecular complexity index is 557. The smallest absolute Gasteiger partial charge is 0.306 e. The third kappa shape index (κ3) is 4.60. The normalized spacial score (nSPS) is 11.3. The number of hydrogen-bond acceptors (Lipinski definition) is 5. The maximum absolute atomic E-state index is 13.8. The van der Waals surface area contributed by atoms with Crippen molar-refractivity contribution in [1.29, 1.82) is 0 Å². The van der Waals surface area contributed by atoms with Gasteiger partial charge in [-0.1, -0.05) is 18.2 Å². The summed E-state index contributed by atoms with van der Waals surface area (Å²) in [5.74, 6) is -2.04. The van der Waals surface area contributed by atoms with Crippen LogP contribution in [0.5, 0.6) is 0 Å². The fourth-order valence-electron chi connectivity index (χ4n) is 1.55. The number of rotatable bonds is 6. The summed E-state index contributed by atoms with van der Waals surface area (Å²) in [6.45, 7) is 0.00187. The van der Waals surface area contributed by atoms with Gasteiger partial charge in [0.25, 0.3) is 0 Å². The maximum atomic E-state index is 13.8. The van der Waals surface area contributed by atoms with E-state index in [-0.39, 0.29) is 29.8 Å². The summed E-state index contributed by atoms with van der Waals surface area (Å²) >= 11 is 0. The van der Waals surface area contributed by atoms with E-state index in [1.54, 1.807) is 6.07 Å². The molecule has 0 fully saturated rings. The second kappa shape index (κ2) is 6.63. The minimum atomic E-state index is -3.57. The summed E-state index contributed by atoms with van der Waals surface area (Å²) in [4.78, 5) is 10.9. The Kier molecular flexibility index (Phi) is 5.44. The highest BCUT2D eigenvalue weighted by atomic mass is 32.2. The average Bonchev–Trinajstić information content (AvgIpc) is 2.38. The first-order chi connectivity index (χ1) is 8.89. The van der Waals surface area contributed by atoms with Crippen LogP contribution in [-0.4, -0.2) is 27.2 Å². The summed E-state index contributed by atoms with van der Waals surface area (Å²) in [5.41, 5.74) is 5.68. The first kappa shape index (κ1) is 15.6. The van der Waals surface area contributed by atoms with E-state index in [1.165, 1.54) is 19.2 Å². The van der Waals surface area contributed by atoms with Crippen molar-refractivity contribution < 1.29 is 22.3 Å². The number of carbonyl (C=O) groups is 1. The zero-order chi connectivity index (χ0) is 14.5. The lowest BCUT2D eigenvalue weighted by Gasteiger charge is -2.07. The molecule has 0 aliphatic carbocycles. The van der Waals surface area contributed by atoms with Gasteiger partial charge in [-0.15, -0.1) is 0 Å². The van der Waals surface area contributed by atoms with Crippen LogP contribution in [0.1, 0.15) is 17.5 Å². The van der Waals surface area contributed by atoms with Gasteiger partial charge in [-0.2, -0.15) is 0 Å². The quantitative estimate of drug-likeness (QED) is 0.781. The highest BCUT2D eigenvalue weighted by Crippen LogP contribution is 2.16. The van der Waals surface area contributed by atoms with Crippen molar-refractivity contribution in [2.45, 2.75) is 18.7 Å². The van der Waals surface area contributed by atoms with Crippen LogP contribution in [-0.2, 0) is 31.7 Å². The Balaban J connectivity index is 2.81. The van der Waals surface area contributed by atoms with E-state index in [4.69, 9.17) is 5.73 Å². The number of carbonyl (C=O) groups excluding carboxylic acids is 1. The van der Waals surface area contributed by atoms with Crippen molar-refractivity contribution in [3.05, 3.63) is 35.1 Å². The summed E-state index contributed by atoms with van der Waals surface area (Å²) < 4.78 is 41.7. The fourth-order valence-corrected chi connectivity index (χ4v) is 2.87. The van der Waals surface area contributed by atoms with Crippen molar-refractivity contribution in [3.8, 4) is 0 Å². The molecule has 0 heterocycles. The molecule has 0 saturated heterocycles.